The summed E-state index contributed by atoms with van der Waals surface area (Å²) in [6, 6.07) is -0.699. The normalized spacial score (nSPS) is 13.3. The second-order valence-electron chi connectivity index (χ2n) is 18.3. The van der Waals surface area contributed by atoms with E-state index in [0.29, 0.717) is 19.3 Å². The molecule has 0 aliphatic heterocycles. The summed E-state index contributed by atoms with van der Waals surface area (Å²) >= 11 is 0. The van der Waals surface area contributed by atoms with Crippen LogP contribution >= 0.6 is 0 Å². The van der Waals surface area contributed by atoms with Gasteiger partial charge in [-0.15, -0.1) is 0 Å². The number of hydrogen-bond donors (Lipinski definition) is 3. The zero-order valence-corrected chi connectivity index (χ0v) is 40.4. The molecule has 6 nitrogen and oxygen atoms in total. The Bertz CT molecular complexity index is 950. The Morgan fingerprint density at radius 1 is 0.483 bits per heavy atom. The van der Waals surface area contributed by atoms with E-state index in [9.17, 15) is 19.8 Å². The molecule has 0 rings (SSSR count). The fourth-order valence-electron chi connectivity index (χ4n) is 8.23. The number of carbonyl (C=O) groups excluding carboxylic acids is 2. The van der Waals surface area contributed by atoms with E-state index in [1.54, 1.807) is 0 Å². The summed E-state index contributed by atoms with van der Waals surface area (Å²) in [5.74, 6) is -0.467. The Morgan fingerprint density at radius 2 is 0.850 bits per heavy atom. The summed E-state index contributed by atoms with van der Waals surface area (Å²) in [7, 11) is 0. The molecule has 0 fully saturated rings. The van der Waals surface area contributed by atoms with E-state index in [2.05, 4.69) is 50.4 Å². The minimum absolute atomic E-state index is 0.0776. The molecule has 60 heavy (non-hydrogen) atoms. The van der Waals surface area contributed by atoms with Crippen LogP contribution in [0.1, 0.15) is 284 Å². The summed E-state index contributed by atoms with van der Waals surface area (Å²) < 4.78 is 5.94. The molecule has 1 amide bonds. The zero-order chi connectivity index (χ0) is 43.8. The number of unbranched alkanes of at least 4 members (excludes halogenated alkanes) is 32. The average Bonchev–Trinajstić information content (AvgIpc) is 3.24. The molecular formula is C54H103NO5. The van der Waals surface area contributed by atoms with E-state index in [0.717, 1.165) is 64.2 Å². The van der Waals surface area contributed by atoms with Crippen molar-refractivity contribution in [3.8, 4) is 0 Å². The molecule has 354 valence electrons. The summed E-state index contributed by atoms with van der Waals surface area (Å²) in [4.78, 5) is 26.1. The van der Waals surface area contributed by atoms with Gasteiger partial charge < -0.3 is 20.3 Å². The summed E-state index contributed by atoms with van der Waals surface area (Å²) in [5.41, 5.74) is 0. The van der Waals surface area contributed by atoms with Crippen molar-refractivity contribution in [1.29, 1.82) is 0 Å². The number of hydrogen-bond acceptors (Lipinski definition) is 5. The number of nitrogens with one attached hydrogen (secondary N) is 1. The molecule has 0 aromatic rings. The second kappa shape index (κ2) is 48.4. The first-order valence-corrected chi connectivity index (χ1v) is 26.6. The van der Waals surface area contributed by atoms with Crippen LogP contribution in [0.4, 0.5) is 0 Å². The Kier molecular flexibility index (Phi) is 47.0. The number of esters is 1. The van der Waals surface area contributed by atoms with Gasteiger partial charge in [-0.25, -0.2) is 0 Å². The highest BCUT2D eigenvalue weighted by Crippen LogP contribution is 2.18. The van der Waals surface area contributed by atoms with Crippen LogP contribution in [0.15, 0.2) is 24.3 Å². The lowest BCUT2D eigenvalue weighted by molar-refractivity contribution is -0.151. The van der Waals surface area contributed by atoms with Gasteiger partial charge in [-0.3, -0.25) is 9.59 Å². The highest BCUT2D eigenvalue weighted by atomic mass is 16.5. The summed E-state index contributed by atoms with van der Waals surface area (Å²) in [6.07, 6.45) is 55.2. The Morgan fingerprint density at radius 3 is 1.30 bits per heavy atom. The molecule has 0 spiro atoms. The van der Waals surface area contributed by atoms with Crippen LogP contribution in [-0.2, 0) is 14.3 Å². The van der Waals surface area contributed by atoms with Crippen molar-refractivity contribution in [1.82, 2.24) is 5.32 Å². The molecule has 0 saturated carbocycles. The van der Waals surface area contributed by atoms with Gasteiger partial charge in [0.2, 0.25) is 5.91 Å². The van der Waals surface area contributed by atoms with Crippen molar-refractivity contribution in [2.24, 2.45) is 0 Å². The SMILES string of the molecule is CCCCC/C=C\C/C=C\CCCCCCCCCC(CC(=O)NC(CO)C(O)CCCCCCCCCCCCCC)OC(=O)CCCCCCCCCCCCCC. The van der Waals surface area contributed by atoms with Gasteiger partial charge in [-0.1, -0.05) is 238 Å². The predicted octanol–water partition coefficient (Wildman–Crippen LogP) is 15.9. The average molecular weight is 846 g/mol. The van der Waals surface area contributed by atoms with Crippen molar-refractivity contribution < 1.29 is 24.5 Å². The first-order valence-electron chi connectivity index (χ1n) is 26.6. The molecule has 0 aliphatic rings. The summed E-state index contributed by atoms with van der Waals surface area (Å²) in [5, 5.41) is 23.8. The van der Waals surface area contributed by atoms with Crippen LogP contribution in [-0.4, -0.2) is 46.9 Å². The van der Waals surface area contributed by atoms with Gasteiger partial charge in [0.05, 0.1) is 25.2 Å². The maximum Gasteiger partial charge on any atom is 0.306 e. The van der Waals surface area contributed by atoms with Crippen LogP contribution in [0.2, 0.25) is 0 Å². The lowest BCUT2D eigenvalue weighted by Gasteiger charge is -2.24. The number of amides is 1. The van der Waals surface area contributed by atoms with Gasteiger partial charge in [0.25, 0.3) is 0 Å². The van der Waals surface area contributed by atoms with Crippen molar-refractivity contribution in [3.05, 3.63) is 24.3 Å². The van der Waals surface area contributed by atoms with Gasteiger partial charge in [0.1, 0.15) is 6.10 Å². The molecule has 3 unspecified atom stereocenters. The van der Waals surface area contributed by atoms with Gasteiger partial charge in [0, 0.05) is 6.42 Å². The van der Waals surface area contributed by atoms with Crippen molar-refractivity contribution in [2.45, 2.75) is 302 Å². The molecule has 0 aliphatic carbocycles. The lowest BCUT2D eigenvalue weighted by Crippen LogP contribution is -2.46. The van der Waals surface area contributed by atoms with Gasteiger partial charge in [-0.05, 0) is 57.8 Å². The molecule has 6 heteroatoms. The Hall–Kier alpha value is -1.66. The van der Waals surface area contributed by atoms with E-state index in [1.165, 1.54) is 173 Å². The molecular weight excluding hydrogens is 743 g/mol. The molecule has 0 bridgehead atoms. The maximum atomic E-state index is 13.2. The predicted molar refractivity (Wildman–Crippen MR) is 260 cm³/mol. The van der Waals surface area contributed by atoms with E-state index in [4.69, 9.17) is 4.74 Å². The second-order valence-corrected chi connectivity index (χ2v) is 18.3. The number of aliphatic hydroxyl groups excluding tert-OH is 2. The maximum absolute atomic E-state index is 13.2. The van der Waals surface area contributed by atoms with Gasteiger partial charge >= 0.3 is 5.97 Å². The van der Waals surface area contributed by atoms with Gasteiger partial charge in [0.15, 0.2) is 0 Å². The highest BCUT2D eigenvalue weighted by molar-refractivity contribution is 5.77. The number of allylic oxidation sites excluding steroid dienone is 4. The third-order valence-electron chi connectivity index (χ3n) is 12.3. The Balaban J connectivity index is 4.56. The minimum atomic E-state index is -0.785. The first kappa shape index (κ1) is 58.3. The molecule has 0 saturated heterocycles. The largest absolute Gasteiger partial charge is 0.462 e. The van der Waals surface area contributed by atoms with E-state index in [1.807, 2.05) is 0 Å². The third kappa shape index (κ3) is 43.0. The number of rotatable bonds is 48. The number of aliphatic hydroxyl groups is 2. The minimum Gasteiger partial charge on any atom is -0.462 e. The Labute approximate surface area is 373 Å². The number of ether oxygens (including phenoxy) is 1. The molecule has 0 aromatic heterocycles. The van der Waals surface area contributed by atoms with Crippen LogP contribution in [0, 0.1) is 0 Å². The van der Waals surface area contributed by atoms with Gasteiger partial charge in [-0.2, -0.15) is 0 Å². The van der Waals surface area contributed by atoms with E-state index >= 15 is 0 Å². The standard InChI is InChI=1S/C54H103NO5/c1-4-7-10-13-16-19-22-25-26-27-28-29-30-33-36-39-42-45-50(60-54(59)47-44-41-38-35-32-24-21-18-15-12-9-6-3)48-53(58)55-51(49-56)52(57)46-43-40-37-34-31-23-20-17-14-11-8-5-2/h16,19,25-26,50-52,56-57H,4-15,17-18,20-24,27-49H2,1-3H3,(H,55,58)/b19-16-,26-25-. The van der Waals surface area contributed by atoms with Crippen LogP contribution in [0.25, 0.3) is 0 Å². The lowest BCUT2D eigenvalue weighted by atomic mass is 10.0. The number of carbonyl (C=O) groups is 2. The smallest absolute Gasteiger partial charge is 0.306 e. The van der Waals surface area contributed by atoms with Crippen LogP contribution < -0.4 is 5.32 Å². The van der Waals surface area contributed by atoms with Crippen molar-refractivity contribution >= 4 is 11.9 Å². The van der Waals surface area contributed by atoms with Crippen LogP contribution in [0.5, 0.6) is 0 Å². The molecule has 0 radical (unpaired) electrons. The quantitative estimate of drug-likeness (QED) is 0.0322. The topological polar surface area (TPSA) is 95.9 Å². The summed E-state index contributed by atoms with van der Waals surface area (Å²) in [6.45, 7) is 6.47. The molecule has 0 aromatic carbocycles. The van der Waals surface area contributed by atoms with E-state index < -0.39 is 18.2 Å². The van der Waals surface area contributed by atoms with E-state index in [-0.39, 0.29) is 24.9 Å². The zero-order valence-electron chi connectivity index (χ0n) is 40.4. The highest BCUT2D eigenvalue weighted by Gasteiger charge is 2.24. The monoisotopic (exact) mass is 846 g/mol. The third-order valence-corrected chi connectivity index (χ3v) is 12.3. The van der Waals surface area contributed by atoms with Crippen molar-refractivity contribution in [3.63, 3.8) is 0 Å². The van der Waals surface area contributed by atoms with Crippen molar-refractivity contribution in [2.75, 3.05) is 6.61 Å². The first-order chi connectivity index (χ1) is 29.5. The fourth-order valence-corrected chi connectivity index (χ4v) is 8.23. The fraction of sp³-hybridized carbons (Fsp3) is 0.889. The van der Waals surface area contributed by atoms with Crippen LogP contribution in [0.3, 0.4) is 0 Å². The molecule has 0 heterocycles. The molecule has 3 atom stereocenters. The molecule has 3 N–H and O–H groups in total.